The van der Waals surface area contributed by atoms with Gasteiger partial charge in [0.25, 0.3) is 0 Å². The Hall–Kier alpha value is -1.88. The van der Waals surface area contributed by atoms with Gasteiger partial charge in [-0.3, -0.25) is 9.59 Å². The highest BCUT2D eigenvalue weighted by molar-refractivity contribution is 5.79. The van der Waals surface area contributed by atoms with Gasteiger partial charge >= 0.3 is 5.97 Å². The predicted molar refractivity (Wildman–Crippen MR) is 72.4 cm³/mol. The Morgan fingerprint density at radius 2 is 2.00 bits per heavy atom. The summed E-state index contributed by atoms with van der Waals surface area (Å²) in [6.45, 7) is -0.0803. The van der Waals surface area contributed by atoms with Gasteiger partial charge in [-0.25, -0.2) is 0 Å². The van der Waals surface area contributed by atoms with Crippen molar-refractivity contribution in [2.75, 3.05) is 13.7 Å². The number of hydrogen-bond donors (Lipinski definition) is 2. The quantitative estimate of drug-likeness (QED) is 0.708. The van der Waals surface area contributed by atoms with Gasteiger partial charge in [-0.2, -0.15) is 0 Å². The number of esters is 1. The highest BCUT2D eigenvalue weighted by Gasteiger charge is 2.16. The molecule has 0 radical (unpaired) electrons. The van der Waals surface area contributed by atoms with Gasteiger partial charge in [0.2, 0.25) is 5.91 Å². The van der Waals surface area contributed by atoms with E-state index in [-0.39, 0.29) is 30.9 Å². The Balaban J connectivity index is 2.53. The lowest BCUT2D eigenvalue weighted by Gasteiger charge is -2.17. The predicted octanol–water partition coefficient (Wildman–Crippen LogP) is 0.626. The standard InChI is InChI=1S/C14H20N2O3/c1-19-14(18)9-12(16-13(17)10-15)8-7-11-5-3-2-4-6-11/h2-6,12H,7-10,15H2,1H3,(H,16,17)/t12-/m1/s1. The Labute approximate surface area is 113 Å². The van der Waals surface area contributed by atoms with E-state index < -0.39 is 0 Å². The molecular weight excluding hydrogens is 244 g/mol. The summed E-state index contributed by atoms with van der Waals surface area (Å²) in [6.07, 6.45) is 1.62. The molecule has 0 bridgehead atoms. The Bertz CT molecular complexity index is 388. The van der Waals surface area contributed by atoms with Crippen molar-refractivity contribution in [1.82, 2.24) is 5.32 Å². The van der Waals surface area contributed by atoms with E-state index >= 15 is 0 Å². The highest BCUT2D eigenvalue weighted by atomic mass is 16.5. The molecule has 0 saturated carbocycles. The van der Waals surface area contributed by atoms with Crippen molar-refractivity contribution < 1.29 is 14.3 Å². The van der Waals surface area contributed by atoms with Crippen LogP contribution >= 0.6 is 0 Å². The first kappa shape index (κ1) is 15.2. The van der Waals surface area contributed by atoms with E-state index in [0.29, 0.717) is 6.42 Å². The number of carbonyl (C=O) groups excluding carboxylic acids is 2. The maximum absolute atomic E-state index is 11.3. The molecule has 1 atom stereocenters. The molecule has 0 aliphatic heterocycles. The number of nitrogens with one attached hydrogen (secondary N) is 1. The fourth-order valence-corrected chi connectivity index (χ4v) is 1.78. The number of nitrogens with two attached hydrogens (primary N) is 1. The average molecular weight is 264 g/mol. The second kappa shape index (κ2) is 8.26. The number of aryl methyl sites for hydroxylation is 1. The molecule has 1 aromatic rings. The van der Waals surface area contributed by atoms with E-state index in [0.717, 1.165) is 6.42 Å². The van der Waals surface area contributed by atoms with Crippen molar-refractivity contribution in [2.24, 2.45) is 5.73 Å². The molecule has 0 heterocycles. The van der Waals surface area contributed by atoms with Gasteiger partial charge < -0.3 is 15.8 Å². The molecule has 0 saturated heterocycles. The van der Waals surface area contributed by atoms with Crippen LogP contribution in [-0.2, 0) is 20.7 Å². The molecule has 1 aromatic carbocycles. The number of hydrogen-bond acceptors (Lipinski definition) is 4. The first-order chi connectivity index (χ1) is 9.15. The van der Waals surface area contributed by atoms with Crippen molar-refractivity contribution in [3.8, 4) is 0 Å². The summed E-state index contributed by atoms with van der Waals surface area (Å²) in [5.41, 5.74) is 6.43. The number of benzene rings is 1. The van der Waals surface area contributed by atoms with Gasteiger partial charge in [-0.1, -0.05) is 30.3 Å². The summed E-state index contributed by atoms with van der Waals surface area (Å²) >= 11 is 0. The van der Waals surface area contributed by atoms with E-state index in [1.54, 1.807) is 0 Å². The lowest BCUT2D eigenvalue weighted by Crippen LogP contribution is -2.40. The highest BCUT2D eigenvalue weighted by Crippen LogP contribution is 2.08. The van der Waals surface area contributed by atoms with Crippen molar-refractivity contribution in [2.45, 2.75) is 25.3 Å². The van der Waals surface area contributed by atoms with Crippen LogP contribution in [-0.4, -0.2) is 31.6 Å². The minimum Gasteiger partial charge on any atom is -0.469 e. The molecule has 0 aliphatic carbocycles. The number of rotatable bonds is 7. The number of ether oxygens (including phenoxy) is 1. The van der Waals surface area contributed by atoms with Crippen molar-refractivity contribution in [1.29, 1.82) is 0 Å². The van der Waals surface area contributed by atoms with Crippen LogP contribution in [0.5, 0.6) is 0 Å². The molecule has 1 rings (SSSR count). The van der Waals surface area contributed by atoms with Crippen LogP contribution in [0.1, 0.15) is 18.4 Å². The van der Waals surface area contributed by atoms with Crippen molar-refractivity contribution in [3.63, 3.8) is 0 Å². The van der Waals surface area contributed by atoms with Crippen LogP contribution in [0.25, 0.3) is 0 Å². The normalized spacial score (nSPS) is 11.7. The minimum atomic E-state index is -0.338. The van der Waals surface area contributed by atoms with Gasteiger partial charge in [0, 0.05) is 6.04 Å². The van der Waals surface area contributed by atoms with E-state index in [2.05, 4.69) is 10.1 Å². The summed E-state index contributed by atoms with van der Waals surface area (Å²) in [4.78, 5) is 22.6. The zero-order valence-corrected chi connectivity index (χ0v) is 11.1. The zero-order valence-electron chi connectivity index (χ0n) is 11.1. The average Bonchev–Trinajstić information content (AvgIpc) is 2.45. The third-order valence-electron chi connectivity index (χ3n) is 2.82. The fourth-order valence-electron chi connectivity index (χ4n) is 1.78. The smallest absolute Gasteiger partial charge is 0.307 e. The Kier molecular flexibility index (Phi) is 6.60. The Morgan fingerprint density at radius 3 is 2.58 bits per heavy atom. The van der Waals surface area contributed by atoms with E-state index in [9.17, 15) is 9.59 Å². The summed E-state index contributed by atoms with van der Waals surface area (Å²) in [7, 11) is 1.33. The van der Waals surface area contributed by atoms with Crippen LogP contribution in [0.2, 0.25) is 0 Å². The van der Waals surface area contributed by atoms with Gasteiger partial charge in [-0.15, -0.1) is 0 Å². The van der Waals surface area contributed by atoms with Crippen LogP contribution < -0.4 is 11.1 Å². The molecule has 3 N–H and O–H groups in total. The molecule has 0 unspecified atom stereocenters. The molecule has 5 heteroatoms. The maximum atomic E-state index is 11.3. The van der Waals surface area contributed by atoms with Crippen LogP contribution in [0.15, 0.2) is 30.3 Å². The molecule has 5 nitrogen and oxygen atoms in total. The minimum absolute atomic E-state index is 0.0803. The van der Waals surface area contributed by atoms with E-state index in [1.807, 2.05) is 30.3 Å². The summed E-state index contributed by atoms with van der Waals surface area (Å²) in [6, 6.07) is 9.65. The SMILES string of the molecule is COC(=O)C[C@@H](CCc1ccccc1)NC(=O)CN. The molecular formula is C14H20N2O3. The topological polar surface area (TPSA) is 81.4 Å². The van der Waals surface area contributed by atoms with Gasteiger partial charge in [-0.05, 0) is 18.4 Å². The molecule has 104 valence electrons. The Morgan fingerprint density at radius 1 is 1.32 bits per heavy atom. The number of carbonyl (C=O) groups is 2. The second-order valence-corrected chi connectivity index (χ2v) is 4.27. The van der Waals surface area contributed by atoms with Crippen LogP contribution in [0.3, 0.4) is 0 Å². The van der Waals surface area contributed by atoms with Crippen LogP contribution in [0, 0.1) is 0 Å². The van der Waals surface area contributed by atoms with Crippen molar-refractivity contribution >= 4 is 11.9 Å². The molecule has 0 aliphatic rings. The summed E-state index contributed by atoms with van der Waals surface area (Å²) in [5, 5.41) is 2.74. The fraction of sp³-hybridized carbons (Fsp3) is 0.429. The second-order valence-electron chi connectivity index (χ2n) is 4.27. The van der Waals surface area contributed by atoms with Gasteiger partial charge in [0.15, 0.2) is 0 Å². The zero-order chi connectivity index (χ0) is 14.1. The third kappa shape index (κ3) is 6.01. The largest absolute Gasteiger partial charge is 0.469 e. The van der Waals surface area contributed by atoms with Gasteiger partial charge in [0.05, 0.1) is 20.1 Å². The van der Waals surface area contributed by atoms with Crippen molar-refractivity contribution in [3.05, 3.63) is 35.9 Å². The monoisotopic (exact) mass is 264 g/mol. The molecule has 1 amide bonds. The molecule has 0 aromatic heterocycles. The van der Waals surface area contributed by atoms with Crippen LogP contribution in [0.4, 0.5) is 0 Å². The lowest BCUT2D eigenvalue weighted by molar-refractivity contribution is -0.141. The maximum Gasteiger partial charge on any atom is 0.307 e. The van der Waals surface area contributed by atoms with E-state index in [1.165, 1.54) is 12.7 Å². The first-order valence-corrected chi connectivity index (χ1v) is 6.26. The van der Waals surface area contributed by atoms with Gasteiger partial charge in [0.1, 0.15) is 0 Å². The molecule has 0 fully saturated rings. The summed E-state index contributed by atoms with van der Waals surface area (Å²) < 4.78 is 4.63. The molecule has 19 heavy (non-hydrogen) atoms. The third-order valence-corrected chi connectivity index (χ3v) is 2.82. The molecule has 0 spiro atoms. The lowest BCUT2D eigenvalue weighted by atomic mass is 10.0. The first-order valence-electron chi connectivity index (χ1n) is 6.26. The summed E-state index contributed by atoms with van der Waals surface area (Å²) in [5.74, 6) is -0.600. The number of amides is 1. The van der Waals surface area contributed by atoms with E-state index in [4.69, 9.17) is 5.73 Å². The number of methoxy groups -OCH3 is 1.